The number of aryl methyl sites for hydroxylation is 1. The molecule has 132 valence electrons. The van der Waals surface area contributed by atoms with Gasteiger partial charge < -0.3 is 20.1 Å². The topological polar surface area (TPSA) is 54.9 Å². The monoisotopic (exact) mass is 331 g/mol. The van der Waals surface area contributed by atoms with Gasteiger partial charge in [0.05, 0.1) is 24.9 Å². The maximum atomic E-state index is 5.90. The first-order valence-electron chi connectivity index (χ1n) is 9.14. The van der Waals surface area contributed by atoms with E-state index in [9.17, 15) is 0 Å². The molecule has 1 aromatic rings. The van der Waals surface area contributed by atoms with Gasteiger partial charge in [-0.05, 0) is 45.2 Å². The van der Waals surface area contributed by atoms with E-state index in [1.54, 1.807) is 0 Å². The summed E-state index contributed by atoms with van der Waals surface area (Å²) < 4.78 is 11.6. The average Bonchev–Trinajstić information content (AvgIpc) is 3.19. The van der Waals surface area contributed by atoms with Crippen molar-refractivity contribution in [2.45, 2.75) is 57.8 Å². The highest BCUT2D eigenvalue weighted by molar-refractivity contribution is 5.80. The van der Waals surface area contributed by atoms with Crippen LogP contribution in [-0.2, 0) is 4.74 Å². The van der Waals surface area contributed by atoms with Crippen molar-refractivity contribution in [2.24, 2.45) is 4.99 Å². The number of hydrogen-bond acceptors (Lipinski definition) is 3. The maximum Gasteiger partial charge on any atom is 0.191 e. The summed E-state index contributed by atoms with van der Waals surface area (Å²) in [4.78, 5) is 4.66. The average molecular weight is 331 g/mol. The third-order valence-corrected chi connectivity index (χ3v) is 4.63. The Bertz CT molecular complexity index is 544. The lowest BCUT2D eigenvalue weighted by Crippen LogP contribution is -2.47. The summed E-state index contributed by atoms with van der Waals surface area (Å²) in [6, 6.07) is 8.57. The molecule has 5 nitrogen and oxygen atoms in total. The predicted octanol–water partition coefficient (Wildman–Crippen LogP) is 2.64. The third kappa shape index (κ3) is 4.63. The van der Waals surface area contributed by atoms with Crippen LogP contribution in [-0.4, -0.2) is 43.9 Å². The van der Waals surface area contributed by atoms with E-state index in [1.165, 1.54) is 18.4 Å². The first-order chi connectivity index (χ1) is 11.7. The van der Waals surface area contributed by atoms with E-state index in [-0.39, 0.29) is 0 Å². The summed E-state index contributed by atoms with van der Waals surface area (Å²) >= 11 is 0. The zero-order valence-electron chi connectivity index (χ0n) is 14.8. The van der Waals surface area contributed by atoms with E-state index < -0.39 is 0 Å². The highest BCUT2D eigenvalue weighted by Gasteiger charge is 2.41. The molecule has 1 aromatic carbocycles. The van der Waals surface area contributed by atoms with Gasteiger partial charge in [0.15, 0.2) is 5.96 Å². The summed E-state index contributed by atoms with van der Waals surface area (Å²) in [6.07, 6.45) is 5.21. The number of benzene rings is 1. The Hall–Kier alpha value is -1.75. The number of rotatable bonds is 7. The molecule has 2 N–H and O–H groups in total. The lowest BCUT2D eigenvalue weighted by Gasteiger charge is -2.22. The van der Waals surface area contributed by atoms with Crippen LogP contribution in [0, 0.1) is 6.92 Å². The molecule has 2 aliphatic rings. The molecule has 0 amide bonds. The van der Waals surface area contributed by atoms with E-state index in [0.29, 0.717) is 24.9 Å². The summed E-state index contributed by atoms with van der Waals surface area (Å²) in [5.74, 6) is 1.82. The lowest BCUT2D eigenvalue weighted by molar-refractivity contribution is 0.0992. The molecule has 3 atom stereocenters. The first kappa shape index (κ1) is 17.1. The Labute approximate surface area is 144 Å². The molecule has 0 spiro atoms. The Kier molecular flexibility index (Phi) is 5.96. The molecule has 3 unspecified atom stereocenters. The van der Waals surface area contributed by atoms with Gasteiger partial charge in [0.2, 0.25) is 0 Å². The molecular formula is C19H29N3O2. The van der Waals surface area contributed by atoms with Crippen molar-refractivity contribution in [3.63, 3.8) is 0 Å². The second-order valence-electron chi connectivity index (χ2n) is 6.64. The van der Waals surface area contributed by atoms with Gasteiger partial charge in [-0.2, -0.15) is 0 Å². The number of nitrogens with one attached hydrogen (secondary N) is 2. The number of hydrogen-bond donors (Lipinski definition) is 2. The van der Waals surface area contributed by atoms with Crippen molar-refractivity contribution >= 4 is 5.96 Å². The van der Waals surface area contributed by atoms with Gasteiger partial charge in [-0.3, -0.25) is 4.99 Å². The van der Waals surface area contributed by atoms with Crippen molar-refractivity contribution in [2.75, 3.05) is 19.7 Å². The van der Waals surface area contributed by atoms with Crippen LogP contribution in [0.15, 0.2) is 29.3 Å². The largest absolute Gasteiger partial charge is 0.494 e. The van der Waals surface area contributed by atoms with E-state index in [1.807, 2.05) is 12.1 Å². The zero-order valence-corrected chi connectivity index (χ0v) is 14.8. The normalized spacial score (nSPS) is 25.8. The molecule has 0 aliphatic carbocycles. The number of ether oxygens (including phenoxy) is 2. The Balaban J connectivity index is 1.39. The van der Waals surface area contributed by atoms with Gasteiger partial charge in [0, 0.05) is 19.5 Å². The summed E-state index contributed by atoms with van der Waals surface area (Å²) in [6.45, 7) is 6.48. The van der Waals surface area contributed by atoms with Crippen molar-refractivity contribution in [1.82, 2.24) is 10.6 Å². The van der Waals surface area contributed by atoms with E-state index in [0.717, 1.165) is 37.6 Å². The standard InChI is InChI=1S/C19H29N3O2/c1-3-20-19(22-17-13-16-9-10-18(17)24-16)21-11-4-12-23-15-7-5-14(2)6-8-15/h5-8,16-18H,3-4,9-13H2,1-2H3,(H2,20,21,22). The highest BCUT2D eigenvalue weighted by Crippen LogP contribution is 2.34. The van der Waals surface area contributed by atoms with Gasteiger partial charge in [-0.15, -0.1) is 0 Å². The minimum Gasteiger partial charge on any atom is -0.494 e. The fourth-order valence-corrected chi connectivity index (χ4v) is 3.37. The molecule has 24 heavy (non-hydrogen) atoms. The van der Waals surface area contributed by atoms with Gasteiger partial charge in [-0.25, -0.2) is 0 Å². The molecule has 2 heterocycles. The third-order valence-electron chi connectivity index (χ3n) is 4.63. The molecule has 3 rings (SSSR count). The molecule has 2 saturated heterocycles. The Morgan fingerprint density at radius 2 is 2.12 bits per heavy atom. The molecular weight excluding hydrogens is 302 g/mol. The second-order valence-corrected chi connectivity index (χ2v) is 6.64. The lowest BCUT2D eigenvalue weighted by atomic mass is 9.96. The fraction of sp³-hybridized carbons (Fsp3) is 0.632. The van der Waals surface area contributed by atoms with Crippen LogP contribution >= 0.6 is 0 Å². The van der Waals surface area contributed by atoms with Gasteiger partial charge in [0.1, 0.15) is 5.75 Å². The van der Waals surface area contributed by atoms with Crippen LogP contribution in [0.1, 0.15) is 38.2 Å². The first-order valence-corrected chi connectivity index (χ1v) is 9.14. The number of guanidine groups is 1. The van der Waals surface area contributed by atoms with Gasteiger partial charge in [-0.1, -0.05) is 17.7 Å². The minimum absolute atomic E-state index is 0.365. The molecule has 2 fully saturated rings. The van der Waals surface area contributed by atoms with Gasteiger partial charge >= 0.3 is 0 Å². The van der Waals surface area contributed by atoms with E-state index in [2.05, 4.69) is 41.6 Å². The van der Waals surface area contributed by atoms with E-state index >= 15 is 0 Å². The van der Waals surface area contributed by atoms with Crippen molar-refractivity contribution in [1.29, 1.82) is 0 Å². The maximum absolute atomic E-state index is 5.90. The molecule has 0 radical (unpaired) electrons. The van der Waals surface area contributed by atoms with E-state index in [4.69, 9.17) is 9.47 Å². The summed E-state index contributed by atoms with van der Waals surface area (Å²) in [5, 5.41) is 6.86. The molecule has 5 heteroatoms. The number of nitrogens with zero attached hydrogens (tertiary/aromatic N) is 1. The summed E-state index contributed by atoms with van der Waals surface area (Å²) in [7, 11) is 0. The van der Waals surface area contributed by atoms with Crippen LogP contribution in [0.2, 0.25) is 0 Å². The Morgan fingerprint density at radius 1 is 1.29 bits per heavy atom. The summed E-state index contributed by atoms with van der Waals surface area (Å²) in [5.41, 5.74) is 1.25. The molecule has 2 aliphatic heterocycles. The molecule has 0 aromatic heterocycles. The predicted molar refractivity (Wildman–Crippen MR) is 96.7 cm³/mol. The molecule has 0 saturated carbocycles. The zero-order chi connectivity index (χ0) is 16.8. The molecule has 2 bridgehead atoms. The van der Waals surface area contributed by atoms with Crippen LogP contribution in [0.3, 0.4) is 0 Å². The van der Waals surface area contributed by atoms with Crippen LogP contribution in [0.25, 0.3) is 0 Å². The fourth-order valence-electron chi connectivity index (χ4n) is 3.37. The number of aliphatic imine (C=N–C) groups is 1. The smallest absolute Gasteiger partial charge is 0.191 e. The SMILES string of the molecule is CCNC(=NCCCOc1ccc(C)cc1)NC1CC2CCC1O2. The highest BCUT2D eigenvalue weighted by atomic mass is 16.5. The second kappa shape index (κ2) is 8.38. The van der Waals surface area contributed by atoms with Gasteiger partial charge in [0.25, 0.3) is 0 Å². The van der Waals surface area contributed by atoms with Crippen LogP contribution in [0.4, 0.5) is 0 Å². The van der Waals surface area contributed by atoms with Crippen molar-refractivity contribution in [3.8, 4) is 5.75 Å². The quantitative estimate of drug-likeness (QED) is 0.458. The van der Waals surface area contributed by atoms with Crippen molar-refractivity contribution < 1.29 is 9.47 Å². The van der Waals surface area contributed by atoms with Crippen LogP contribution in [0.5, 0.6) is 5.75 Å². The Morgan fingerprint density at radius 3 is 2.79 bits per heavy atom. The minimum atomic E-state index is 0.365. The number of fused-ring (bicyclic) bond motifs is 2. The van der Waals surface area contributed by atoms with Crippen LogP contribution < -0.4 is 15.4 Å². The van der Waals surface area contributed by atoms with Crippen molar-refractivity contribution in [3.05, 3.63) is 29.8 Å².